The van der Waals surface area contributed by atoms with Gasteiger partial charge in [-0.1, -0.05) is 0 Å². The fourth-order valence-corrected chi connectivity index (χ4v) is 0. The summed E-state index contributed by atoms with van der Waals surface area (Å²) < 4.78 is 0. The first-order valence-electron chi connectivity index (χ1n) is 1.73. The van der Waals surface area contributed by atoms with Crippen molar-refractivity contribution in [2.45, 2.75) is 13.0 Å². The van der Waals surface area contributed by atoms with Gasteiger partial charge >= 0.3 is 0 Å². The van der Waals surface area contributed by atoms with Crippen molar-refractivity contribution in [2.24, 2.45) is 11.5 Å². The highest BCUT2D eigenvalue weighted by Gasteiger charge is 1.79. The molecule has 48 valence electrons. The van der Waals surface area contributed by atoms with Crippen LogP contribution in [0.3, 0.4) is 0 Å². The van der Waals surface area contributed by atoms with Crippen molar-refractivity contribution in [3.8, 4) is 0 Å². The molecule has 0 aliphatic rings. The minimum Gasteiger partial charge on any atom is -0.344 e. The molecule has 0 aliphatic heterocycles. The fourth-order valence-electron chi connectivity index (χ4n) is 0. The molecule has 0 saturated heterocycles. The van der Waals surface area contributed by atoms with E-state index in [4.69, 9.17) is 11.5 Å². The minimum atomic E-state index is 0. The summed E-state index contributed by atoms with van der Waals surface area (Å²) >= 11 is 0. The summed E-state index contributed by atoms with van der Waals surface area (Å²) in [6.45, 7) is 2.46. The van der Waals surface area contributed by atoms with Gasteiger partial charge in [0.15, 0.2) is 0 Å². The van der Waals surface area contributed by atoms with Crippen LogP contribution in [0.15, 0.2) is 0 Å². The van der Waals surface area contributed by atoms with Crippen LogP contribution in [0.4, 0.5) is 0 Å². The van der Waals surface area contributed by atoms with Crippen molar-refractivity contribution in [3.63, 3.8) is 0 Å². The average molecular weight is 108 g/mol. The molecule has 0 bridgehead atoms. The lowest BCUT2D eigenvalue weighted by Gasteiger charge is -1.92. The molecule has 0 amide bonds. The molecule has 0 aliphatic carbocycles. The third-order valence-corrected chi connectivity index (χ3v) is 0.372. The zero-order valence-electron chi connectivity index (χ0n) is 4.85. The largest absolute Gasteiger partial charge is 0.344 e. The van der Waals surface area contributed by atoms with Crippen LogP contribution in [-0.2, 0) is 0 Å². The van der Waals surface area contributed by atoms with Crippen molar-refractivity contribution in [2.75, 3.05) is 6.54 Å². The summed E-state index contributed by atoms with van der Waals surface area (Å²) in [6.07, 6.45) is 0. The Morgan fingerprint density at radius 2 is 1.57 bits per heavy atom. The molecule has 0 spiro atoms. The summed E-state index contributed by atoms with van der Waals surface area (Å²) in [7, 11) is 0. The highest BCUT2D eigenvalue weighted by Crippen LogP contribution is 1.59. The van der Waals surface area contributed by atoms with Crippen LogP contribution >= 0.6 is 0 Å². The Kier molecular flexibility index (Phi) is 21.0. The molecular formula is C3H16N4. The van der Waals surface area contributed by atoms with Crippen LogP contribution in [0, 0.1) is 0 Å². The molecule has 10 N–H and O–H groups in total. The third-order valence-electron chi connectivity index (χ3n) is 0.372. The molecule has 0 fully saturated rings. The molecule has 1 atom stereocenters. The maximum atomic E-state index is 5.17. The van der Waals surface area contributed by atoms with Gasteiger partial charge in [-0.3, -0.25) is 0 Å². The Labute approximate surface area is 44.4 Å². The van der Waals surface area contributed by atoms with Gasteiger partial charge in [-0.25, -0.2) is 0 Å². The lowest BCUT2D eigenvalue weighted by molar-refractivity contribution is 0.752. The molecule has 4 nitrogen and oxygen atoms in total. The van der Waals surface area contributed by atoms with Crippen molar-refractivity contribution < 1.29 is 0 Å². The standard InChI is InChI=1S/C3H10N2.2H3N/c1-3(5)2-4;;/h3H,2,4-5H2,1H3;2*1H3. The molecule has 0 heterocycles. The number of hydrogen-bond acceptors (Lipinski definition) is 4. The van der Waals surface area contributed by atoms with Gasteiger partial charge in [0.05, 0.1) is 0 Å². The van der Waals surface area contributed by atoms with Crippen molar-refractivity contribution >= 4 is 0 Å². The Morgan fingerprint density at radius 3 is 1.57 bits per heavy atom. The van der Waals surface area contributed by atoms with E-state index in [1.165, 1.54) is 0 Å². The molecule has 0 saturated carbocycles. The van der Waals surface area contributed by atoms with Gasteiger partial charge in [-0.05, 0) is 6.92 Å². The summed E-state index contributed by atoms with van der Waals surface area (Å²) in [5.41, 5.74) is 10.2. The Hall–Kier alpha value is -0.160. The van der Waals surface area contributed by atoms with E-state index in [1.54, 1.807) is 0 Å². The van der Waals surface area contributed by atoms with Gasteiger partial charge in [0, 0.05) is 12.6 Å². The van der Waals surface area contributed by atoms with Crippen LogP contribution in [0.5, 0.6) is 0 Å². The van der Waals surface area contributed by atoms with E-state index in [0.717, 1.165) is 0 Å². The highest BCUT2D eigenvalue weighted by molar-refractivity contribution is 4.48. The van der Waals surface area contributed by atoms with Gasteiger partial charge in [0.25, 0.3) is 0 Å². The number of hydrogen-bond donors (Lipinski definition) is 4. The average Bonchev–Trinajstić information content (AvgIpc) is 1.38. The Balaban J connectivity index is -0.0000000800. The quantitative estimate of drug-likeness (QED) is 0.365. The van der Waals surface area contributed by atoms with Gasteiger partial charge in [0.1, 0.15) is 0 Å². The van der Waals surface area contributed by atoms with Crippen LogP contribution in [-0.4, -0.2) is 12.6 Å². The fraction of sp³-hybridized carbons (Fsp3) is 1.00. The second-order valence-corrected chi connectivity index (χ2v) is 1.21. The summed E-state index contributed by atoms with van der Waals surface area (Å²) in [4.78, 5) is 0. The minimum absolute atomic E-state index is 0. The molecule has 4 heteroatoms. The zero-order valence-corrected chi connectivity index (χ0v) is 4.85. The van der Waals surface area contributed by atoms with Crippen LogP contribution in [0.2, 0.25) is 0 Å². The predicted molar refractivity (Wildman–Crippen MR) is 32.7 cm³/mol. The van der Waals surface area contributed by atoms with E-state index in [-0.39, 0.29) is 18.3 Å². The van der Waals surface area contributed by atoms with E-state index >= 15 is 0 Å². The smallest absolute Gasteiger partial charge is 0.0134 e. The van der Waals surface area contributed by atoms with Gasteiger partial charge < -0.3 is 23.8 Å². The summed E-state index contributed by atoms with van der Waals surface area (Å²) in [5, 5.41) is 0. The lowest BCUT2D eigenvalue weighted by Crippen LogP contribution is -2.25. The van der Waals surface area contributed by atoms with Crippen molar-refractivity contribution in [1.82, 2.24) is 12.3 Å². The predicted octanol–water partition coefficient (Wildman–Crippen LogP) is -0.384. The molecule has 0 aromatic carbocycles. The lowest BCUT2D eigenvalue weighted by atomic mass is 10.4. The molecule has 0 aromatic rings. The molecule has 0 rings (SSSR count). The maximum Gasteiger partial charge on any atom is 0.0134 e. The monoisotopic (exact) mass is 108 g/mol. The second-order valence-electron chi connectivity index (χ2n) is 1.21. The van der Waals surface area contributed by atoms with Crippen LogP contribution < -0.4 is 23.8 Å². The van der Waals surface area contributed by atoms with E-state index in [1.807, 2.05) is 6.92 Å². The molecule has 7 heavy (non-hydrogen) atoms. The van der Waals surface area contributed by atoms with E-state index in [2.05, 4.69) is 0 Å². The molecule has 0 radical (unpaired) electrons. The zero-order chi connectivity index (χ0) is 4.28. The molecule has 0 aromatic heterocycles. The molecule has 1 unspecified atom stereocenters. The van der Waals surface area contributed by atoms with Gasteiger partial charge in [-0.2, -0.15) is 0 Å². The first-order chi connectivity index (χ1) is 2.27. The van der Waals surface area contributed by atoms with Crippen LogP contribution in [0.25, 0.3) is 0 Å². The van der Waals surface area contributed by atoms with E-state index < -0.39 is 0 Å². The van der Waals surface area contributed by atoms with Crippen molar-refractivity contribution in [1.29, 1.82) is 0 Å². The first-order valence-corrected chi connectivity index (χ1v) is 1.73. The Bertz CT molecular complexity index is 20.9. The summed E-state index contributed by atoms with van der Waals surface area (Å²) in [5.74, 6) is 0. The van der Waals surface area contributed by atoms with Gasteiger partial charge in [-0.15, -0.1) is 0 Å². The van der Waals surface area contributed by atoms with E-state index in [9.17, 15) is 0 Å². The normalized spacial score (nSPS) is 10.7. The first kappa shape index (κ1) is 15.8. The number of rotatable bonds is 1. The number of nitrogens with two attached hydrogens (primary N) is 2. The SMILES string of the molecule is CC(N)CN.N.N. The van der Waals surface area contributed by atoms with E-state index in [0.29, 0.717) is 6.54 Å². The topological polar surface area (TPSA) is 122 Å². The maximum absolute atomic E-state index is 5.17. The molecular weight excluding hydrogens is 92.1 g/mol. The van der Waals surface area contributed by atoms with Crippen molar-refractivity contribution in [3.05, 3.63) is 0 Å². The summed E-state index contributed by atoms with van der Waals surface area (Å²) in [6, 6.07) is 0.162. The highest BCUT2D eigenvalue weighted by atomic mass is 14.7. The Morgan fingerprint density at radius 1 is 1.43 bits per heavy atom. The van der Waals surface area contributed by atoms with Crippen LogP contribution in [0.1, 0.15) is 6.92 Å². The third kappa shape index (κ3) is 25.4. The second kappa shape index (κ2) is 9.28. The van der Waals surface area contributed by atoms with Gasteiger partial charge in [0.2, 0.25) is 0 Å².